The zero-order chi connectivity index (χ0) is 13.7. The third-order valence-electron chi connectivity index (χ3n) is 5.53. The number of rotatable bonds is 2. The summed E-state index contributed by atoms with van der Waals surface area (Å²) in [5.74, 6) is 0. The number of hydrogen-bond donors (Lipinski definition) is 0. The summed E-state index contributed by atoms with van der Waals surface area (Å²) in [6.45, 7) is 20.9. The van der Waals surface area contributed by atoms with E-state index in [1.54, 1.807) is 11.7 Å². The molecule has 0 radical (unpaired) electrons. The summed E-state index contributed by atoms with van der Waals surface area (Å²) in [6.07, 6.45) is 4.44. The van der Waals surface area contributed by atoms with Gasteiger partial charge < -0.3 is 0 Å². The molecule has 0 amide bonds. The van der Waals surface area contributed by atoms with Crippen molar-refractivity contribution in [1.29, 1.82) is 0 Å². The average molecular weight is 314 g/mol. The molecule has 0 N–H and O–H groups in total. The maximum Gasteiger partial charge on any atom is 0.0666 e. The smallest absolute Gasteiger partial charge is 0.0666 e. The zero-order valence-electron chi connectivity index (χ0n) is 13.3. The molecule has 0 saturated carbocycles. The van der Waals surface area contributed by atoms with E-state index in [0.29, 0.717) is 20.6 Å². The van der Waals surface area contributed by atoms with Gasteiger partial charge in [0.15, 0.2) is 0 Å². The standard InChI is InChI=1S/C14H28P2Si2/c1-11-9-14(18(6,7)8)15-10-13(11,2)12(16(14)15)17(3,4)5/h9,12H,10H2,1-8H3/t12?,13-,14+,15?,16?/m0/s1. The Hall–Kier alpha value is 1.03. The van der Waals surface area contributed by atoms with Crippen LogP contribution in [0.2, 0.25) is 39.3 Å². The van der Waals surface area contributed by atoms with E-state index in [4.69, 9.17) is 0 Å². The van der Waals surface area contributed by atoms with Crippen LogP contribution in [0, 0.1) is 5.41 Å². The summed E-state index contributed by atoms with van der Waals surface area (Å²) in [4.78, 5) is 0. The van der Waals surface area contributed by atoms with Gasteiger partial charge in [-0.25, -0.2) is 0 Å². The second kappa shape index (κ2) is 3.43. The molecule has 3 unspecified atom stereocenters. The fourth-order valence-electron chi connectivity index (χ4n) is 4.71. The lowest BCUT2D eigenvalue weighted by Crippen LogP contribution is -2.54. The van der Waals surface area contributed by atoms with Gasteiger partial charge in [0, 0.05) is 4.52 Å². The SMILES string of the molecule is CC1=C[C@@]2([Si](C)(C)C)P3C[C@]1(C)C([Si](C)(C)C)P32. The Kier molecular flexibility index (Phi) is 2.67. The molecule has 102 valence electrons. The molecule has 0 aromatic carbocycles. The minimum absolute atomic E-state index is 0.401. The summed E-state index contributed by atoms with van der Waals surface area (Å²) in [7, 11) is -1.21. The Morgan fingerprint density at radius 2 is 1.72 bits per heavy atom. The Bertz CT molecular complexity index is 446. The van der Waals surface area contributed by atoms with Crippen LogP contribution in [0.15, 0.2) is 11.6 Å². The summed E-state index contributed by atoms with van der Waals surface area (Å²) < 4.78 is 0.824. The van der Waals surface area contributed by atoms with Gasteiger partial charge in [0.25, 0.3) is 0 Å². The fraction of sp³-hybridized carbons (Fsp3) is 0.857. The molecule has 0 aliphatic carbocycles. The van der Waals surface area contributed by atoms with E-state index in [1.807, 2.05) is 0 Å². The molecule has 2 saturated heterocycles. The normalized spacial score (nSPS) is 50.2. The first-order valence-electron chi connectivity index (χ1n) is 7.23. The van der Waals surface area contributed by atoms with Crippen molar-refractivity contribution in [2.24, 2.45) is 5.41 Å². The van der Waals surface area contributed by atoms with Gasteiger partial charge in [0.05, 0.1) is 16.1 Å². The van der Waals surface area contributed by atoms with Crippen molar-refractivity contribution in [3.63, 3.8) is 0 Å². The lowest BCUT2D eigenvalue weighted by atomic mass is 9.86. The van der Waals surface area contributed by atoms with Gasteiger partial charge in [-0.3, -0.25) is 0 Å². The summed E-state index contributed by atoms with van der Waals surface area (Å²) >= 11 is 0. The van der Waals surface area contributed by atoms with E-state index in [1.165, 1.54) is 0 Å². The number of allylic oxidation sites excluding steroid dienone is 2. The van der Waals surface area contributed by atoms with Crippen molar-refractivity contribution in [2.75, 3.05) is 6.16 Å². The van der Waals surface area contributed by atoms with E-state index >= 15 is 0 Å². The Balaban J connectivity index is 2.15. The number of hydrogen-bond acceptors (Lipinski definition) is 0. The lowest BCUT2D eigenvalue weighted by molar-refractivity contribution is 0.478. The van der Waals surface area contributed by atoms with Crippen LogP contribution in [0.1, 0.15) is 13.8 Å². The first-order valence-corrected chi connectivity index (χ1v) is 18.0. The third-order valence-corrected chi connectivity index (χ3v) is 29.8. The predicted molar refractivity (Wildman–Crippen MR) is 93.8 cm³/mol. The van der Waals surface area contributed by atoms with E-state index < -0.39 is 16.1 Å². The van der Waals surface area contributed by atoms with E-state index in [-0.39, 0.29) is 0 Å². The zero-order valence-corrected chi connectivity index (χ0v) is 17.0. The topological polar surface area (TPSA) is 0 Å². The highest BCUT2D eigenvalue weighted by Crippen LogP contribution is 3.12. The molecule has 0 nitrogen and oxygen atoms in total. The van der Waals surface area contributed by atoms with Crippen LogP contribution in [0.3, 0.4) is 0 Å². The molecule has 4 heterocycles. The molecular weight excluding hydrogens is 286 g/mol. The molecule has 0 aromatic heterocycles. The van der Waals surface area contributed by atoms with Crippen molar-refractivity contribution >= 4 is 31.4 Å². The van der Waals surface area contributed by atoms with Gasteiger partial charge in [0.2, 0.25) is 0 Å². The van der Waals surface area contributed by atoms with Crippen LogP contribution in [0.5, 0.6) is 0 Å². The summed E-state index contributed by atoms with van der Waals surface area (Å²) in [5.41, 5.74) is 2.41. The van der Waals surface area contributed by atoms with Crippen LogP contribution in [0.25, 0.3) is 0 Å². The minimum atomic E-state index is -1.02. The van der Waals surface area contributed by atoms with Crippen LogP contribution < -0.4 is 0 Å². The van der Waals surface area contributed by atoms with Gasteiger partial charge in [-0.1, -0.05) is 73.1 Å². The molecule has 4 bridgehead atoms. The average Bonchev–Trinajstić information content (AvgIpc) is 2.65. The van der Waals surface area contributed by atoms with Crippen molar-refractivity contribution in [3.05, 3.63) is 11.6 Å². The van der Waals surface area contributed by atoms with E-state index in [9.17, 15) is 0 Å². The summed E-state index contributed by atoms with van der Waals surface area (Å²) in [6, 6.07) is 0. The maximum atomic E-state index is 2.83. The van der Waals surface area contributed by atoms with Crippen molar-refractivity contribution in [1.82, 2.24) is 0 Å². The molecular formula is C14H28P2Si2. The Morgan fingerprint density at radius 3 is 2.17 bits per heavy atom. The van der Waals surface area contributed by atoms with Gasteiger partial charge in [-0.2, -0.15) is 0 Å². The largest absolute Gasteiger partial charge is 0.0725 e. The quantitative estimate of drug-likeness (QED) is 0.349. The molecule has 5 atom stereocenters. The maximum absolute atomic E-state index is 2.83. The van der Waals surface area contributed by atoms with Crippen molar-refractivity contribution < 1.29 is 0 Å². The van der Waals surface area contributed by atoms with Gasteiger partial charge in [0.1, 0.15) is 0 Å². The Labute approximate surface area is 117 Å². The van der Waals surface area contributed by atoms with Gasteiger partial charge >= 0.3 is 0 Å². The monoisotopic (exact) mass is 314 g/mol. The lowest BCUT2D eigenvalue weighted by Gasteiger charge is -2.50. The molecule has 0 aromatic rings. The summed E-state index contributed by atoms with van der Waals surface area (Å²) in [5, 5.41) is 1.14. The van der Waals surface area contributed by atoms with Crippen LogP contribution in [-0.2, 0) is 0 Å². The van der Waals surface area contributed by atoms with Gasteiger partial charge in [-0.05, 0) is 23.8 Å². The molecule has 4 heteroatoms. The highest BCUT2D eigenvalue weighted by Gasteiger charge is 2.81. The van der Waals surface area contributed by atoms with Crippen LogP contribution in [0.4, 0.5) is 0 Å². The van der Waals surface area contributed by atoms with Crippen molar-refractivity contribution in [3.8, 4) is 0 Å². The Morgan fingerprint density at radius 1 is 1.17 bits per heavy atom. The molecule has 18 heavy (non-hydrogen) atoms. The van der Waals surface area contributed by atoms with Crippen LogP contribution in [-0.4, -0.2) is 32.1 Å². The van der Waals surface area contributed by atoms with Crippen molar-refractivity contribution in [2.45, 2.75) is 62.9 Å². The minimum Gasteiger partial charge on any atom is -0.0725 e. The first kappa shape index (κ1) is 14.0. The van der Waals surface area contributed by atoms with Gasteiger partial charge in [-0.15, -0.1) is 0 Å². The molecule has 2 fully saturated rings. The molecule has 0 spiro atoms. The predicted octanol–water partition coefficient (Wildman–Crippen LogP) is 5.68. The molecule has 4 rings (SSSR count). The van der Waals surface area contributed by atoms with Crippen LogP contribution >= 0.6 is 15.2 Å². The van der Waals surface area contributed by atoms with E-state index in [0.717, 1.165) is 9.80 Å². The first-order chi connectivity index (χ1) is 7.96. The molecule has 4 aliphatic rings. The second-order valence-electron chi connectivity index (χ2n) is 8.89. The fourth-order valence-corrected chi connectivity index (χ4v) is 40.8. The second-order valence-corrected chi connectivity index (χ2v) is 27.6. The highest BCUT2D eigenvalue weighted by molar-refractivity contribution is 8.51. The molecule has 4 aliphatic heterocycles. The third kappa shape index (κ3) is 1.39. The highest BCUT2D eigenvalue weighted by atomic mass is 32.1. The van der Waals surface area contributed by atoms with E-state index in [2.05, 4.69) is 59.2 Å².